The first kappa shape index (κ1) is 28.6. The van der Waals surface area contributed by atoms with Crippen LogP contribution in [0.15, 0.2) is 12.7 Å². The van der Waals surface area contributed by atoms with E-state index in [4.69, 9.17) is 4.74 Å². The minimum absolute atomic E-state index is 0.0648. The smallest absolute Gasteiger partial charge is 0.310 e. The van der Waals surface area contributed by atoms with E-state index in [0.29, 0.717) is 25.7 Å². The Morgan fingerprint density at radius 2 is 1.86 bits per heavy atom. The Bertz CT molecular complexity index is 908. The number of aliphatic hydroxyl groups is 1. The fourth-order valence-electron chi connectivity index (χ4n) is 7.54. The summed E-state index contributed by atoms with van der Waals surface area (Å²) in [6.45, 7) is 20.0. The number of carboxylic acids is 1. The summed E-state index contributed by atoms with van der Waals surface area (Å²) in [5, 5.41) is 20.5. The van der Waals surface area contributed by atoms with Crippen LogP contribution in [0.5, 0.6) is 0 Å². The summed E-state index contributed by atoms with van der Waals surface area (Å²) < 4.78 is 6.52. The molecule has 2 amide bonds. The summed E-state index contributed by atoms with van der Waals surface area (Å²) in [6.07, 6.45) is 3.79. The van der Waals surface area contributed by atoms with E-state index < -0.39 is 52.5 Å². The van der Waals surface area contributed by atoms with Gasteiger partial charge in [-0.25, -0.2) is 0 Å². The molecule has 0 aliphatic carbocycles. The third-order valence-corrected chi connectivity index (χ3v) is 8.33. The zero-order valence-electron chi connectivity index (χ0n) is 23.3. The second-order valence-electron chi connectivity index (χ2n) is 13.6. The predicted molar refractivity (Wildman–Crippen MR) is 137 cm³/mol. The van der Waals surface area contributed by atoms with Crippen LogP contribution in [-0.4, -0.2) is 79.8 Å². The van der Waals surface area contributed by atoms with E-state index in [9.17, 15) is 24.6 Å². The molecular weight excluding hydrogens is 460 g/mol. The van der Waals surface area contributed by atoms with Crippen molar-refractivity contribution in [3.8, 4) is 0 Å². The van der Waals surface area contributed by atoms with Gasteiger partial charge >= 0.3 is 5.97 Å². The molecule has 3 aliphatic heterocycles. The SMILES string of the molecule is C=CCN(C(=O)C1N([C@@H](CO)CC(C)C)C(=O)[C@@H]2[C@H](C(=O)O)[C@]3(C)CCC12O3)C(C)(C)CC(C)(C)C. The Hall–Kier alpha value is -1.93. The van der Waals surface area contributed by atoms with Crippen LogP contribution in [0.25, 0.3) is 0 Å². The number of hydrogen-bond acceptors (Lipinski definition) is 5. The molecule has 2 unspecified atom stereocenters. The number of carbonyl (C=O) groups excluding carboxylic acids is 2. The van der Waals surface area contributed by atoms with Gasteiger partial charge in [0.05, 0.1) is 30.1 Å². The van der Waals surface area contributed by atoms with Crippen LogP contribution in [0.1, 0.15) is 81.1 Å². The van der Waals surface area contributed by atoms with E-state index in [1.165, 1.54) is 4.90 Å². The van der Waals surface area contributed by atoms with Crippen molar-refractivity contribution in [1.29, 1.82) is 0 Å². The van der Waals surface area contributed by atoms with Crippen molar-refractivity contribution in [2.75, 3.05) is 13.2 Å². The minimum Gasteiger partial charge on any atom is -0.481 e. The highest BCUT2D eigenvalue weighted by atomic mass is 16.5. The van der Waals surface area contributed by atoms with Gasteiger partial charge in [-0.05, 0) is 57.8 Å². The Kier molecular flexibility index (Phi) is 7.50. The van der Waals surface area contributed by atoms with Crippen LogP contribution in [0.2, 0.25) is 0 Å². The van der Waals surface area contributed by atoms with Gasteiger partial charge in [-0.1, -0.05) is 40.7 Å². The van der Waals surface area contributed by atoms with Crippen molar-refractivity contribution >= 4 is 17.8 Å². The molecule has 0 aromatic rings. The van der Waals surface area contributed by atoms with Crippen LogP contribution >= 0.6 is 0 Å². The fourth-order valence-corrected chi connectivity index (χ4v) is 7.54. The van der Waals surface area contributed by atoms with E-state index in [0.717, 1.165) is 0 Å². The summed E-state index contributed by atoms with van der Waals surface area (Å²) in [5.41, 5.74) is -2.86. The zero-order valence-corrected chi connectivity index (χ0v) is 23.3. The lowest BCUT2D eigenvalue weighted by Crippen LogP contribution is -2.62. The normalized spacial score (nSPS) is 32.7. The van der Waals surface area contributed by atoms with Crippen molar-refractivity contribution < 1.29 is 29.3 Å². The Labute approximate surface area is 216 Å². The predicted octanol–water partition coefficient (Wildman–Crippen LogP) is 3.47. The highest BCUT2D eigenvalue weighted by Crippen LogP contribution is 2.63. The number of nitrogens with zero attached hydrogens (tertiary/aromatic N) is 2. The highest BCUT2D eigenvalue weighted by Gasteiger charge is 2.79. The molecule has 8 nitrogen and oxygen atoms in total. The van der Waals surface area contributed by atoms with Gasteiger partial charge in [0.2, 0.25) is 11.8 Å². The van der Waals surface area contributed by atoms with Gasteiger partial charge in [0.25, 0.3) is 0 Å². The van der Waals surface area contributed by atoms with Gasteiger partial charge in [0.1, 0.15) is 11.6 Å². The van der Waals surface area contributed by atoms with E-state index in [1.807, 2.05) is 27.7 Å². The number of ether oxygens (including phenoxy) is 1. The van der Waals surface area contributed by atoms with Crippen LogP contribution < -0.4 is 0 Å². The van der Waals surface area contributed by atoms with Crippen LogP contribution in [-0.2, 0) is 19.1 Å². The number of fused-ring (bicyclic) bond motifs is 1. The minimum atomic E-state index is -1.23. The van der Waals surface area contributed by atoms with Crippen molar-refractivity contribution in [3.05, 3.63) is 12.7 Å². The molecule has 3 fully saturated rings. The zero-order chi connectivity index (χ0) is 27.4. The molecule has 6 atom stereocenters. The van der Waals surface area contributed by atoms with E-state index in [-0.39, 0.29) is 30.4 Å². The fraction of sp³-hybridized carbons (Fsp3) is 0.821. The molecule has 3 aliphatic rings. The maximum atomic E-state index is 14.6. The molecular formula is C28H46N2O6. The highest BCUT2D eigenvalue weighted by molar-refractivity contribution is 5.98. The summed E-state index contributed by atoms with van der Waals surface area (Å²) in [4.78, 5) is 44.4. The number of carboxylic acid groups (broad SMARTS) is 1. The summed E-state index contributed by atoms with van der Waals surface area (Å²) in [6, 6.07) is -1.61. The van der Waals surface area contributed by atoms with Gasteiger partial charge < -0.3 is 24.7 Å². The quantitative estimate of drug-likeness (QED) is 0.440. The Morgan fingerprint density at radius 1 is 1.25 bits per heavy atom. The molecule has 0 saturated carbocycles. The maximum absolute atomic E-state index is 14.6. The monoisotopic (exact) mass is 506 g/mol. The van der Waals surface area contributed by atoms with Crippen LogP contribution in [0.3, 0.4) is 0 Å². The van der Waals surface area contributed by atoms with Crippen molar-refractivity contribution in [1.82, 2.24) is 9.80 Å². The molecule has 3 rings (SSSR count). The van der Waals surface area contributed by atoms with Crippen molar-refractivity contribution in [2.45, 2.75) is 110 Å². The van der Waals surface area contributed by atoms with Crippen molar-refractivity contribution in [2.24, 2.45) is 23.2 Å². The Balaban J connectivity index is 2.17. The van der Waals surface area contributed by atoms with Gasteiger partial charge in [0, 0.05) is 12.1 Å². The molecule has 8 heteroatoms. The van der Waals surface area contributed by atoms with Gasteiger partial charge in [-0.3, -0.25) is 14.4 Å². The first-order valence-corrected chi connectivity index (χ1v) is 13.2. The molecule has 0 aromatic carbocycles. The molecule has 3 heterocycles. The van der Waals surface area contributed by atoms with Gasteiger partial charge in [-0.2, -0.15) is 0 Å². The van der Waals surface area contributed by atoms with Gasteiger partial charge in [0.15, 0.2) is 0 Å². The number of likely N-dealkylation sites (tertiary alicyclic amines) is 1. The Morgan fingerprint density at radius 3 is 2.33 bits per heavy atom. The molecule has 1 spiro atoms. The number of amides is 2. The lowest BCUT2D eigenvalue weighted by Gasteiger charge is -2.46. The molecule has 2 bridgehead atoms. The number of rotatable bonds is 10. The van der Waals surface area contributed by atoms with Gasteiger partial charge in [-0.15, -0.1) is 6.58 Å². The molecule has 36 heavy (non-hydrogen) atoms. The second-order valence-corrected chi connectivity index (χ2v) is 13.6. The third kappa shape index (κ3) is 4.60. The largest absolute Gasteiger partial charge is 0.481 e. The lowest BCUT2D eigenvalue weighted by molar-refractivity contribution is -0.161. The number of aliphatic carboxylic acids is 1. The van der Waals surface area contributed by atoms with Crippen molar-refractivity contribution in [3.63, 3.8) is 0 Å². The summed E-state index contributed by atoms with van der Waals surface area (Å²) in [5.74, 6) is -3.57. The number of aliphatic hydroxyl groups excluding tert-OH is 1. The second kappa shape index (κ2) is 9.43. The number of hydrogen-bond donors (Lipinski definition) is 2. The molecule has 0 aromatic heterocycles. The third-order valence-electron chi connectivity index (χ3n) is 8.33. The van der Waals surface area contributed by atoms with Crippen LogP contribution in [0.4, 0.5) is 0 Å². The molecule has 0 radical (unpaired) electrons. The maximum Gasteiger partial charge on any atom is 0.310 e. The molecule has 3 saturated heterocycles. The lowest BCUT2D eigenvalue weighted by atomic mass is 9.66. The first-order valence-electron chi connectivity index (χ1n) is 13.2. The van der Waals surface area contributed by atoms with Crippen LogP contribution in [0, 0.1) is 23.2 Å². The molecule has 2 N–H and O–H groups in total. The summed E-state index contributed by atoms with van der Waals surface area (Å²) >= 11 is 0. The average Bonchev–Trinajstić information content (AvgIpc) is 3.28. The van der Waals surface area contributed by atoms with E-state index in [1.54, 1.807) is 17.9 Å². The standard InChI is InChI=1S/C28H46N2O6/c1-10-13-29(26(7,8)16-25(4,5)6)23(33)21-28-12-11-27(9,36-28)20(24(34)35)19(28)22(32)30(21)18(15-31)14-17(2)3/h10,17-21,31H,1,11-16H2,2-9H3,(H,34,35)/t18-,19+,20-,21?,27+,28?/m1/s1. The summed E-state index contributed by atoms with van der Waals surface area (Å²) in [7, 11) is 0. The number of carbonyl (C=O) groups is 3. The average molecular weight is 507 g/mol. The van der Waals surface area contributed by atoms with E-state index in [2.05, 4.69) is 27.4 Å². The van der Waals surface area contributed by atoms with E-state index >= 15 is 0 Å². The topological polar surface area (TPSA) is 107 Å². The molecule has 204 valence electrons. The first-order chi connectivity index (χ1) is 16.5.